The summed E-state index contributed by atoms with van der Waals surface area (Å²) in [5.41, 5.74) is 5.78. The van der Waals surface area contributed by atoms with Crippen molar-refractivity contribution in [1.29, 1.82) is 5.26 Å². The Labute approximate surface area is 70.3 Å². The van der Waals surface area contributed by atoms with Crippen LogP contribution in [0.15, 0.2) is 17.5 Å². The third-order valence-electron chi connectivity index (χ3n) is 1.48. The van der Waals surface area contributed by atoms with E-state index in [0.717, 1.165) is 6.42 Å². The van der Waals surface area contributed by atoms with Gasteiger partial charge in [0.15, 0.2) is 0 Å². The Morgan fingerprint density at radius 3 is 3.09 bits per heavy atom. The van der Waals surface area contributed by atoms with Gasteiger partial charge in [-0.15, -0.1) is 11.3 Å². The Kier molecular flexibility index (Phi) is 3.09. The highest BCUT2D eigenvalue weighted by Gasteiger charge is 2.04. The minimum atomic E-state index is 0.0506. The van der Waals surface area contributed by atoms with Gasteiger partial charge >= 0.3 is 0 Å². The zero-order valence-electron chi connectivity index (χ0n) is 6.16. The summed E-state index contributed by atoms with van der Waals surface area (Å²) in [6.07, 6.45) is 1.30. The zero-order chi connectivity index (χ0) is 8.10. The second-order valence-electron chi connectivity index (χ2n) is 2.32. The van der Waals surface area contributed by atoms with Crippen LogP contribution < -0.4 is 5.73 Å². The molecule has 2 nitrogen and oxygen atoms in total. The Balaban J connectivity index is 2.44. The van der Waals surface area contributed by atoms with Crippen LogP contribution in [0.3, 0.4) is 0 Å². The molecular formula is C8H10N2S. The van der Waals surface area contributed by atoms with Crippen LogP contribution in [0.1, 0.15) is 23.8 Å². The third kappa shape index (κ3) is 2.34. The predicted molar refractivity (Wildman–Crippen MR) is 46.1 cm³/mol. The first-order valence-corrected chi connectivity index (χ1v) is 4.38. The van der Waals surface area contributed by atoms with E-state index in [2.05, 4.69) is 6.07 Å². The second kappa shape index (κ2) is 4.12. The maximum atomic E-state index is 8.31. The molecule has 0 amide bonds. The van der Waals surface area contributed by atoms with Crippen molar-refractivity contribution >= 4 is 11.3 Å². The van der Waals surface area contributed by atoms with Crippen LogP contribution in [-0.2, 0) is 0 Å². The molecule has 0 unspecified atom stereocenters. The average Bonchev–Trinajstić information content (AvgIpc) is 2.52. The van der Waals surface area contributed by atoms with Crippen LogP contribution in [-0.4, -0.2) is 0 Å². The van der Waals surface area contributed by atoms with E-state index in [0.29, 0.717) is 6.42 Å². The van der Waals surface area contributed by atoms with Crippen LogP contribution in [0.2, 0.25) is 0 Å². The summed E-state index contributed by atoms with van der Waals surface area (Å²) in [5, 5.41) is 10.3. The Hall–Kier alpha value is -0.850. The fourth-order valence-electron chi connectivity index (χ4n) is 0.865. The van der Waals surface area contributed by atoms with Gasteiger partial charge < -0.3 is 5.73 Å². The largest absolute Gasteiger partial charge is 0.323 e. The van der Waals surface area contributed by atoms with E-state index in [1.807, 2.05) is 17.5 Å². The van der Waals surface area contributed by atoms with Crippen molar-refractivity contribution in [3.05, 3.63) is 22.4 Å². The molecule has 2 N–H and O–H groups in total. The molecule has 1 aromatic heterocycles. The van der Waals surface area contributed by atoms with E-state index >= 15 is 0 Å². The van der Waals surface area contributed by atoms with Gasteiger partial charge in [-0.3, -0.25) is 0 Å². The molecule has 3 heteroatoms. The molecule has 0 aliphatic carbocycles. The maximum absolute atomic E-state index is 8.31. The second-order valence-corrected chi connectivity index (χ2v) is 3.30. The first kappa shape index (κ1) is 8.25. The van der Waals surface area contributed by atoms with Crippen molar-refractivity contribution in [2.45, 2.75) is 18.9 Å². The predicted octanol–water partition coefficient (Wildman–Crippen LogP) is 2.05. The van der Waals surface area contributed by atoms with Crippen molar-refractivity contribution in [3.8, 4) is 6.07 Å². The summed E-state index contributed by atoms with van der Waals surface area (Å²) < 4.78 is 0. The highest BCUT2D eigenvalue weighted by Crippen LogP contribution is 2.20. The molecule has 1 rings (SSSR count). The summed E-state index contributed by atoms with van der Waals surface area (Å²) in [5.74, 6) is 0. The van der Waals surface area contributed by atoms with Gasteiger partial charge in [0.05, 0.1) is 6.07 Å². The lowest BCUT2D eigenvalue weighted by Gasteiger charge is -2.04. The lowest BCUT2D eigenvalue weighted by atomic mass is 10.1. The van der Waals surface area contributed by atoms with E-state index < -0.39 is 0 Å². The number of thiophene rings is 1. The van der Waals surface area contributed by atoms with Gasteiger partial charge in [-0.05, 0) is 17.9 Å². The molecular weight excluding hydrogens is 156 g/mol. The molecule has 0 aliphatic rings. The molecule has 0 spiro atoms. The molecule has 0 radical (unpaired) electrons. The molecule has 58 valence electrons. The molecule has 1 heterocycles. The topological polar surface area (TPSA) is 49.8 Å². The van der Waals surface area contributed by atoms with Crippen LogP contribution >= 0.6 is 11.3 Å². The summed E-state index contributed by atoms with van der Waals surface area (Å²) in [6, 6.07) is 6.12. The van der Waals surface area contributed by atoms with Crippen LogP contribution in [0.25, 0.3) is 0 Å². The van der Waals surface area contributed by atoms with E-state index in [9.17, 15) is 0 Å². The van der Waals surface area contributed by atoms with Gasteiger partial charge in [0.2, 0.25) is 0 Å². The quantitative estimate of drug-likeness (QED) is 0.747. The van der Waals surface area contributed by atoms with E-state index in [1.54, 1.807) is 11.3 Å². The number of nitrogens with zero attached hydrogens (tertiary/aromatic N) is 1. The summed E-state index contributed by atoms with van der Waals surface area (Å²) in [6.45, 7) is 0. The molecule has 0 saturated carbocycles. The fraction of sp³-hybridized carbons (Fsp3) is 0.375. The highest BCUT2D eigenvalue weighted by atomic mass is 32.1. The number of hydrogen-bond acceptors (Lipinski definition) is 3. The number of rotatable bonds is 3. The monoisotopic (exact) mass is 166 g/mol. The van der Waals surface area contributed by atoms with Crippen molar-refractivity contribution in [2.24, 2.45) is 5.73 Å². The van der Waals surface area contributed by atoms with Crippen molar-refractivity contribution in [2.75, 3.05) is 0 Å². The molecule has 0 fully saturated rings. The first-order chi connectivity index (χ1) is 5.34. The number of hydrogen-bond donors (Lipinski definition) is 1. The Bertz CT molecular complexity index is 235. The smallest absolute Gasteiger partial charge is 0.0622 e. The van der Waals surface area contributed by atoms with Gasteiger partial charge in [-0.1, -0.05) is 6.07 Å². The van der Waals surface area contributed by atoms with Crippen molar-refractivity contribution in [1.82, 2.24) is 0 Å². The zero-order valence-corrected chi connectivity index (χ0v) is 6.97. The van der Waals surface area contributed by atoms with E-state index in [-0.39, 0.29) is 6.04 Å². The molecule has 0 saturated heterocycles. The van der Waals surface area contributed by atoms with E-state index in [1.165, 1.54) is 4.88 Å². The minimum absolute atomic E-state index is 0.0506. The average molecular weight is 166 g/mol. The van der Waals surface area contributed by atoms with Crippen LogP contribution in [0.5, 0.6) is 0 Å². The standard InChI is InChI=1S/C8H10N2S/c9-5-1-3-7(10)8-4-2-6-11-8/h2,4,6-7H,1,3,10H2/t7-/m1/s1. The lowest BCUT2D eigenvalue weighted by molar-refractivity contribution is 0.676. The van der Waals surface area contributed by atoms with Gasteiger partial charge in [-0.25, -0.2) is 0 Å². The minimum Gasteiger partial charge on any atom is -0.323 e. The maximum Gasteiger partial charge on any atom is 0.0622 e. The Morgan fingerprint density at radius 1 is 1.73 bits per heavy atom. The van der Waals surface area contributed by atoms with Crippen LogP contribution in [0.4, 0.5) is 0 Å². The highest BCUT2D eigenvalue weighted by molar-refractivity contribution is 7.10. The van der Waals surface area contributed by atoms with E-state index in [4.69, 9.17) is 11.0 Å². The molecule has 1 atom stereocenters. The molecule has 1 aromatic rings. The molecule has 0 bridgehead atoms. The Morgan fingerprint density at radius 2 is 2.55 bits per heavy atom. The number of nitriles is 1. The van der Waals surface area contributed by atoms with Gasteiger partial charge in [-0.2, -0.15) is 5.26 Å². The lowest BCUT2D eigenvalue weighted by Crippen LogP contribution is -2.07. The van der Waals surface area contributed by atoms with Gasteiger partial charge in [0.1, 0.15) is 0 Å². The summed E-state index contributed by atoms with van der Waals surface area (Å²) in [7, 11) is 0. The fourth-order valence-corrected chi connectivity index (χ4v) is 1.63. The molecule has 0 aromatic carbocycles. The van der Waals surface area contributed by atoms with Crippen molar-refractivity contribution < 1.29 is 0 Å². The number of nitrogens with two attached hydrogens (primary N) is 1. The normalized spacial score (nSPS) is 12.4. The SMILES string of the molecule is N#CCC[C@@H](N)c1cccs1. The molecule has 11 heavy (non-hydrogen) atoms. The van der Waals surface area contributed by atoms with Gasteiger partial charge in [0.25, 0.3) is 0 Å². The first-order valence-electron chi connectivity index (χ1n) is 3.50. The van der Waals surface area contributed by atoms with Crippen molar-refractivity contribution in [3.63, 3.8) is 0 Å². The van der Waals surface area contributed by atoms with Gasteiger partial charge in [0, 0.05) is 17.3 Å². The third-order valence-corrected chi connectivity index (χ3v) is 2.48. The van der Waals surface area contributed by atoms with Crippen LogP contribution in [0, 0.1) is 11.3 Å². The summed E-state index contributed by atoms with van der Waals surface area (Å²) >= 11 is 1.65. The summed E-state index contributed by atoms with van der Waals surface area (Å²) in [4.78, 5) is 1.17. The molecule has 0 aliphatic heterocycles.